The molecular weight excluding hydrogens is 224 g/mol. The normalized spacial score (nSPS) is 20.3. The number of hydrogen-bond donors (Lipinski definition) is 1. The molecule has 18 heavy (non-hydrogen) atoms. The van der Waals surface area contributed by atoms with Gasteiger partial charge in [-0.1, -0.05) is 25.1 Å². The van der Waals surface area contributed by atoms with E-state index in [1.807, 2.05) is 35.2 Å². The highest BCUT2D eigenvalue weighted by atomic mass is 16.2. The molecule has 0 bridgehead atoms. The summed E-state index contributed by atoms with van der Waals surface area (Å²) in [5.41, 5.74) is 1.75. The zero-order valence-corrected chi connectivity index (χ0v) is 10.6. The summed E-state index contributed by atoms with van der Waals surface area (Å²) in [4.78, 5) is 17.6. The third kappa shape index (κ3) is 2.01. The highest BCUT2D eigenvalue weighted by molar-refractivity contribution is 5.98. The van der Waals surface area contributed by atoms with E-state index in [4.69, 9.17) is 0 Å². The molecule has 0 spiro atoms. The number of hydrogen-bond acceptors (Lipinski definition) is 1. The molecule has 3 nitrogen and oxygen atoms in total. The van der Waals surface area contributed by atoms with Crippen molar-refractivity contribution in [2.45, 2.75) is 19.8 Å². The highest BCUT2D eigenvalue weighted by Gasteiger charge is 2.22. The largest absolute Gasteiger partial charge is 0.351 e. The molecule has 1 atom stereocenters. The van der Waals surface area contributed by atoms with Gasteiger partial charge in [0.05, 0.1) is 0 Å². The minimum atomic E-state index is 0.137. The summed E-state index contributed by atoms with van der Waals surface area (Å²) in [5.74, 6) is 0.754. The Bertz CT molecular complexity index is 540. The number of carbonyl (C=O) groups excluding carboxylic acids is 1. The van der Waals surface area contributed by atoms with Crippen LogP contribution >= 0.6 is 0 Å². The van der Waals surface area contributed by atoms with Crippen molar-refractivity contribution in [2.75, 3.05) is 13.1 Å². The number of benzene rings is 1. The fourth-order valence-corrected chi connectivity index (χ4v) is 2.73. The number of rotatable bonds is 1. The zero-order valence-electron chi connectivity index (χ0n) is 10.6. The van der Waals surface area contributed by atoms with E-state index in [-0.39, 0.29) is 5.91 Å². The van der Waals surface area contributed by atoms with Crippen molar-refractivity contribution in [1.82, 2.24) is 9.88 Å². The number of nitrogens with zero attached hydrogens (tertiary/aromatic N) is 1. The van der Waals surface area contributed by atoms with Crippen LogP contribution in [0.5, 0.6) is 0 Å². The molecule has 0 aliphatic carbocycles. The number of nitrogens with one attached hydrogen (secondary N) is 1. The summed E-state index contributed by atoms with van der Waals surface area (Å²) in [6.45, 7) is 3.98. The maximum Gasteiger partial charge on any atom is 0.270 e. The summed E-state index contributed by atoms with van der Waals surface area (Å²) in [6, 6.07) is 9.97. The van der Waals surface area contributed by atoms with Gasteiger partial charge in [0, 0.05) is 24.0 Å². The third-order valence-electron chi connectivity index (χ3n) is 3.70. The molecule has 1 saturated heterocycles. The Morgan fingerprint density at radius 1 is 1.39 bits per heavy atom. The van der Waals surface area contributed by atoms with Crippen LogP contribution in [0.2, 0.25) is 0 Å². The summed E-state index contributed by atoms with van der Waals surface area (Å²) < 4.78 is 0. The van der Waals surface area contributed by atoms with E-state index in [2.05, 4.69) is 11.9 Å². The van der Waals surface area contributed by atoms with Gasteiger partial charge in [0.2, 0.25) is 0 Å². The molecule has 0 radical (unpaired) electrons. The Hall–Kier alpha value is -1.77. The summed E-state index contributed by atoms with van der Waals surface area (Å²) in [7, 11) is 0. The average Bonchev–Trinajstić information content (AvgIpc) is 2.81. The van der Waals surface area contributed by atoms with Crippen LogP contribution < -0.4 is 0 Å². The molecule has 1 amide bonds. The first-order chi connectivity index (χ1) is 8.74. The second kappa shape index (κ2) is 4.48. The topological polar surface area (TPSA) is 36.1 Å². The Balaban J connectivity index is 1.87. The maximum absolute atomic E-state index is 12.4. The van der Waals surface area contributed by atoms with E-state index in [0.29, 0.717) is 11.6 Å². The van der Waals surface area contributed by atoms with Crippen LogP contribution in [0.3, 0.4) is 0 Å². The highest BCUT2D eigenvalue weighted by Crippen LogP contribution is 2.20. The molecule has 1 aliphatic rings. The van der Waals surface area contributed by atoms with Crippen molar-refractivity contribution in [3.05, 3.63) is 36.0 Å². The van der Waals surface area contributed by atoms with Crippen molar-refractivity contribution < 1.29 is 4.79 Å². The standard InChI is InChI=1S/C15H18N2O/c1-11-5-4-8-17(10-11)15(18)14-9-12-6-2-3-7-13(12)16-14/h2-3,6-7,9,11,16H,4-5,8,10H2,1H3. The van der Waals surface area contributed by atoms with Gasteiger partial charge in [-0.25, -0.2) is 0 Å². The first-order valence-electron chi connectivity index (χ1n) is 6.61. The smallest absolute Gasteiger partial charge is 0.270 e. The number of fused-ring (bicyclic) bond motifs is 1. The van der Waals surface area contributed by atoms with Crippen LogP contribution in [-0.4, -0.2) is 28.9 Å². The fraction of sp³-hybridized carbons (Fsp3) is 0.400. The van der Waals surface area contributed by atoms with Gasteiger partial charge >= 0.3 is 0 Å². The van der Waals surface area contributed by atoms with Crippen LogP contribution in [0.4, 0.5) is 0 Å². The second-order valence-electron chi connectivity index (χ2n) is 5.27. The van der Waals surface area contributed by atoms with Gasteiger partial charge in [0.1, 0.15) is 5.69 Å². The first kappa shape index (κ1) is 11.3. The third-order valence-corrected chi connectivity index (χ3v) is 3.70. The molecule has 1 aliphatic heterocycles. The molecule has 1 fully saturated rings. The van der Waals surface area contributed by atoms with Crippen molar-refractivity contribution in [2.24, 2.45) is 5.92 Å². The summed E-state index contributed by atoms with van der Waals surface area (Å²) in [6.07, 6.45) is 2.35. The molecule has 1 N–H and O–H groups in total. The monoisotopic (exact) mass is 242 g/mol. The molecule has 94 valence electrons. The van der Waals surface area contributed by atoms with Gasteiger partial charge in [-0.15, -0.1) is 0 Å². The van der Waals surface area contributed by atoms with E-state index in [1.165, 1.54) is 6.42 Å². The lowest BCUT2D eigenvalue weighted by atomic mass is 10.00. The minimum Gasteiger partial charge on any atom is -0.351 e. The first-order valence-corrected chi connectivity index (χ1v) is 6.61. The number of likely N-dealkylation sites (tertiary alicyclic amines) is 1. The van der Waals surface area contributed by atoms with Crippen LogP contribution in [0, 0.1) is 5.92 Å². The number of H-pyrrole nitrogens is 1. The van der Waals surface area contributed by atoms with Crippen LogP contribution in [-0.2, 0) is 0 Å². The lowest BCUT2D eigenvalue weighted by Crippen LogP contribution is -2.39. The van der Waals surface area contributed by atoms with E-state index >= 15 is 0 Å². The lowest BCUT2D eigenvalue weighted by molar-refractivity contribution is 0.0678. The van der Waals surface area contributed by atoms with Gasteiger partial charge in [-0.05, 0) is 30.9 Å². The Kier molecular flexibility index (Phi) is 2.82. The van der Waals surface area contributed by atoms with Gasteiger partial charge in [-0.2, -0.15) is 0 Å². The van der Waals surface area contributed by atoms with Crippen molar-refractivity contribution >= 4 is 16.8 Å². The quantitative estimate of drug-likeness (QED) is 0.819. The van der Waals surface area contributed by atoms with Gasteiger partial charge in [0.25, 0.3) is 5.91 Å². The van der Waals surface area contributed by atoms with E-state index in [0.717, 1.165) is 30.4 Å². The van der Waals surface area contributed by atoms with Gasteiger partial charge in [0.15, 0.2) is 0 Å². The van der Waals surface area contributed by atoms with Gasteiger partial charge < -0.3 is 9.88 Å². The zero-order chi connectivity index (χ0) is 12.5. The van der Waals surface area contributed by atoms with Crippen LogP contribution in [0.15, 0.2) is 30.3 Å². The van der Waals surface area contributed by atoms with Crippen LogP contribution in [0.25, 0.3) is 10.9 Å². The summed E-state index contributed by atoms with van der Waals surface area (Å²) >= 11 is 0. The predicted molar refractivity (Wildman–Crippen MR) is 72.6 cm³/mol. The molecule has 3 rings (SSSR count). The minimum absolute atomic E-state index is 0.137. The maximum atomic E-state index is 12.4. The van der Waals surface area contributed by atoms with Crippen molar-refractivity contribution in [1.29, 1.82) is 0 Å². The molecule has 2 heterocycles. The fourth-order valence-electron chi connectivity index (χ4n) is 2.73. The van der Waals surface area contributed by atoms with Crippen molar-refractivity contribution in [3.8, 4) is 0 Å². The van der Waals surface area contributed by atoms with Crippen LogP contribution in [0.1, 0.15) is 30.3 Å². The molecular formula is C15H18N2O. The van der Waals surface area contributed by atoms with E-state index in [9.17, 15) is 4.79 Å². The molecule has 3 heteroatoms. The number of carbonyl (C=O) groups is 1. The Morgan fingerprint density at radius 3 is 3.00 bits per heavy atom. The van der Waals surface area contributed by atoms with E-state index < -0.39 is 0 Å². The number of aromatic nitrogens is 1. The summed E-state index contributed by atoms with van der Waals surface area (Å²) in [5, 5.41) is 1.10. The SMILES string of the molecule is CC1CCCN(C(=O)c2cc3ccccc3[nH]2)C1. The Morgan fingerprint density at radius 2 is 2.22 bits per heavy atom. The molecule has 1 unspecified atom stereocenters. The molecule has 1 aromatic carbocycles. The van der Waals surface area contributed by atoms with Gasteiger partial charge in [-0.3, -0.25) is 4.79 Å². The number of aromatic amines is 1. The predicted octanol–water partition coefficient (Wildman–Crippen LogP) is 3.04. The van der Waals surface area contributed by atoms with E-state index in [1.54, 1.807) is 0 Å². The van der Waals surface area contributed by atoms with Crippen molar-refractivity contribution in [3.63, 3.8) is 0 Å². The molecule has 0 saturated carbocycles. The number of piperidine rings is 1. The number of amides is 1. The Labute approximate surface area is 107 Å². The second-order valence-corrected chi connectivity index (χ2v) is 5.27. The molecule has 1 aromatic heterocycles. The average molecular weight is 242 g/mol. The lowest BCUT2D eigenvalue weighted by Gasteiger charge is -2.30. The molecule has 2 aromatic rings. The number of para-hydroxylation sites is 1.